The number of carbonyl (C=O) groups excluding carboxylic acids is 2. The molecular weight excluding hydrogens is 696 g/mol. The van der Waals surface area contributed by atoms with Crippen LogP contribution < -0.4 is 30.0 Å². The molecule has 1 amide bonds. The Kier molecular flexibility index (Phi) is 11.3. The Hall–Kier alpha value is -4.68. The van der Waals surface area contributed by atoms with Crippen molar-refractivity contribution in [2.24, 2.45) is 11.7 Å². The number of fused-ring (bicyclic) bond motifs is 3. The average molecular weight is 741 g/mol. The van der Waals surface area contributed by atoms with Crippen LogP contribution in [0.5, 0.6) is 23.0 Å². The summed E-state index contributed by atoms with van der Waals surface area (Å²) >= 11 is 0. The normalized spacial score (nSPS) is 29.2. The molecule has 0 unspecified atom stereocenters. The molecule has 2 heterocycles. The number of esters is 1. The minimum Gasteiger partial charge on any atom is -0.497 e. The molecule has 286 valence electrons. The first-order chi connectivity index (χ1) is 25.6. The van der Waals surface area contributed by atoms with Crippen molar-refractivity contribution in [2.45, 2.75) is 48.0 Å². The summed E-state index contributed by atoms with van der Waals surface area (Å²) in [5, 5.41) is 38.5. The summed E-state index contributed by atoms with van der Waals surface area (Å²) in [6, 6.07) is 18.7. The van der Waals surface area contributed by atoms with E-state index in [9.17, 15) is 24.9 Å². The van der Waals surface area contributed by atoms with E-state index in [4.69, 9.17) is 48.4 Å². The van der Waals surface area contributed by atoms with Crippen LogP contribution in [-0.4, -0.2) is 113 Å². The topological polar surface area (TPSA) is 216 Å². The molecule has 16 heteroatoms. The summed E-state index contributed by atoms with van der Waals surface area (Å²) in [5.41, 5.74) is 2.38. The van der Waals surface area contributed by atoms with E-state index in [2.05, 4.69) is 5.32 Å². The highest BCUT2D eigenvalue weighted by molar-refractivity contribution is 5.78. The minimum atomic E-state index is -2.29. The fourth-order valence-electron chi connectivity index (χ4n) is 7.49. The molecule has 6 rings (SSSR count). The first-order valence-electron chi connectivity index (χ1n) is 16.9. The van der Waals surface area contributed by atoms with Crippen molar-refractivity contribution in [3.05, 3.63) is 83.4 Å². The molecule has 3 aromatic carbocycles. The third-order valence-corrected chi connectivity index (χ3v) is 9.86. The van der Waals surface area contributed by atoms with Gasteiger partial charge in [0.1, 0.15) is 47.9 Å². The van der Waals surface area contributed by atoms with Crippen molar-refractivity contribution in [1.82, 2.24) is 5.32 Å². The summed E-state index contributed by atoms with van der Waals surface area (Å²) < 4.78 is 51.8. The average Bonchev–Trinajstić information content (AvgIpc) is 3.57. The lowest BCUT2D eigenvalue weighted by Crippen LogP contribution is -2.52. The van der Waals surface area contributed by atoms with Gasteiger partial charge in [0.15, 0.2) is 11.2 Å². The predicted octanol–water partition coefficient (Wildman–Crippen LogP) is 1.27. The van der Waals surface area contributed by atoms with E-state index >= 15 is 0 Å². The first-order valence-corrected chi connectivity index (χ1v) is 16.9. The van der Waals surface area contributed by atoms with Crippen molar-refractivity contribution >= 4 is 12.1 Å². The van der Waals surface area contributed by atoms with E-state index in [-0.39, 0.29) is 42.5 Å². The second kappa shape index (κ2) is 15.7. The van der Waals surface area contributed by atoms with Crippen LogP contribution in [-0.2, 0) is 39.7 Å². The number of benzene rings is 3. The minimum absolute atomic E-state index is 0.0611. The number of methoxy groups -OCH3 is 4. The molecule has 6 N–H and O–H groups in total. The van der Waals surface area contributed by atoms with Crippen LogP contribution >= 0.6 is 0 Å². The number of carbonyl (C=O) groups is 2. The van der Waals surface area contributed by atoms with Crippen molar-refractivity contribution in [3.63, 3.8) is 0 Å². The van der Waals surface area contributed by atoms with Crippen LogP contribution in [0.4, 0.5) is 4.79 Å². The summed E-state index contributed by atoms with van der Waals surface area (Å²) in [6.07, 6.45) is -7.09. The molecule has 2 aliphatic heterocycles. The van der Waals surface area contributed by atoms with Gasteiger partial charge in [0.25, 0.3) is 6.29 Å². The first kappa shape index (κ1) is 38.1. The number of hydrogen-bond acceptors (Lipinski definition) is 15. The second-order valence-corrected chi connectivity index (χ2v) is 12.7. The van der Waals surface area contributed by atoms with Crippen molar-refractivity contribution < 1.29 is 67.5 Å². The van der Waals surface area contributed by atoms with Crippen LogP contribution in [0.25, 0.3) is 0 Å². The van der Waals surface area contributed by atoms with Crippen LogP contribution in [0, 0.1) is 5.92 Å². The third kappa shape index (κ3) is 6.60. The van der Waals surface area contributed by atoms with Gasteiger partial charge < -0.3 is 69.0 Å². The molecule has 16 nitrogen and oxygen atoms in total. The van der Waals surface area contributed by atoms with Gasteiger partial charge in [-0.2, -0.15) is 0 Å². The predicted molar refractivity (Wildman–Crippen MR) is 183 cm³/mol. The Labute approximate surface area is 305 Å². The Morgan fingerprint density at radius 1 is 1.00 bits per heavy atom. The maximum atomic E-state index is 13.5. The van der Waals surface area contributed by atoms with E-state index in [0.29, 0.717) is 16.9 Å². The molecule has 0 radical (unpaired) electrons. The summed E-state index contributed by atoms with van der Waals surface area (Å²) in [7, 11) is 5.50. The van der Waals surface area contributed by atoms with E-state index in [0.717, 1.165) is 0 Å². The zero-order valence-electron chi connectivity index (χ0n) is 29.6. The van der Waals surface area contributed by atoms with Gasteiger partial charge in [-0.15, -0.1) is 0 Å². The molecule has 2 fully saturated rings. The van der Waals surface area contributed by atoms with E-state index in [1.165, 1.54) is 40.6 Å². The monoisotopic (exact) mass is 740 g/mol. The molecule has 9 atom stereocenters. The highest BCUT2D eigenvalue weighted by atomic mass is 16.8. The highest BCUT2D eigenvalue weighted by Crippen LogP contribution is 2.70. The van der Waals surface area contributed by atoms with Gasteiger partial charge in [-0.1, -0.05) is 42.5 Å². The fourth-order valence-corrected chi connectivity index (χ4v) is 7.49. The standard InChI is InChI=1S/C37H44N2O14/c1-45-22-12-10-21(11-13-22)37-29(20-8-6-5-7-9-20)28(32(42)47-3)31(41)36(37,44)30-25(46-2)16-23(17-26(30)53-37)51-34-33(48-4)49-19-27(52-34)24(40)18-50-35(43)39-15-14-38/h5-13,16-17,24,27-29,31,33-34,40-41,44H,14-15,18-19,38H2,1-4H3,(H,39,43)/t24-,27-,28-,29-,31-,33-,34-,36+,37+/m1/s1. The number of aliphatic hydroxyl groups excluding tert-OH is 2. The molecule has 3 aliphatic rings. The van der Waals surface area contributed by atoms with E-state index in [1.807, 2.05) is 6.07 Å². The number of nitrogens with one attached hydrogen (secondary N) is 1. The quantitative estimate of drug-likeness (QED) is 0.156. The number of alkyl carbamates (subject to hydrolysis) is 1. The lowest BCUT2D eigenvalue weighted by atomic mass is 9.70. The van der Waals surface area contributed by atoms with Gasteiger partial charge in [0, 0.05) is 38.2 Å². The van der Waals surface area contributed by atoms with Crippen molar-refractivity contribution in [2.75, 3.05) is 54.7 Å². The second-order valence-electron chi connectivity index (χ2n) is 12.7. The summed E-state index contributed by atoms with van der Waals surface area (Å²) in [6.45, 7) is -0.0921. The van der Waals surface area contributed by atoms with E-state index in [1.54, 1.807) is 48.5 Å². The van der Waals surface area contributed by atoms with Gasteiger partial charge in [-0.25, -0.2) is 4.79 Å². The number of rotatable bonds is 13. The fraction of sp³-hybridized carbons (Fsp3) is 0.459. The van der Waals surface area contributed by atoms with Crippen LogP contribution in [0.3, 0.4) is 0 Å². The zero-order valence-corrected chi connectivity index (χ0v) is 29.6. The van der Waals surface area contributed by atoms with E-state index < -0.39 is 72.6 Å². The van der Waals surface area contributed by atoms with Crippen molar-refractivity contribution in [1.29, 1.82) is 0 Å². The zero-order chi connectivity index (χ0) is 37.9. The van der Waals surface area contributed by atoms with Gasteiger partial charge in [0.2, 0.25) is 6.29 Å². The van der Waals surface area contributed by atoms with Gasteiger partial charge in [0.05, 0.1) is 39.4 Å². The molecule has 0 bridgehead atoms. The third-order valence-electron chi connectivity index (χ3n) is 9.86. The Morgan fingerprint density at radius 3 is 2.38 bits per heavy atom. The van der Waals surface area contributed by atoms with Crippen molar-refractivity contribution in [3.8, 4) is 23.0 Å². The number of ether oxygens (including phenoxy) is 9. The number of nitrogens with two attached hydrogens (primary N) is 1. The molecule has 3 aromatic rings. The Bertz CT molecular complexity index is 1750. The number of amides is 1. The Morgan fingerprint density at radius 2 is 1.74 bits per heavy atom. The van der Waals surface area contributed by atoms with Gasteiger partial charge in [-0.05, 0) is 23.3 Å². The maximum Gasteiger partial charge on any atom is 0.407 e. The summed E-state index contributed by atoms with van der Waals surface area (Å²) in [5.74, 6) is -2.22. The number of aliphatic hydroxyl groups is 3. The SMILES string of the molecule is COC(=O)[C@H]1[C@@H](O)[C@@]2(O)c3c(OC)cc(O[C@@H]4O[C@@H]([C@H](O)COC(=O)NCCN)CO[C@H]4OC)cc3O[C@@]2(c2ccc(OC)cc2)[C@@H]1c1ccccc1. The maximum absolute atomic E-state index is 13.5. The lowest BCUT2D eigenvalue weighted by molar-refractivity contribution is -0.324. The molecule has 1 saturated heterocycles. The van der Waals surface area contributed by atoms with Crippen LogP contribution in [0.15, 0.2) is 66.7 Å². The van der Waals surface area contributed by atoms with Gasteiger partial charge >= 0.3 is 12.1 Å². The summed E-state index contributed by atoms with van der Waals surface area (Å²) in [4.78, 5) is 25.4. The lowest BCUT2D eigenvalue weighted by Gasteiger charge is -2.40. The molecule has 1 saturated carbocycles. The van der Waals surface area contributed by atoms with Gasteiger partial charge in [-0.3, -0.25) is 4.79 Å². The molecule has 0 spiro atoms. The molecule has 53 heavy (non-hydrogen) atoms. The van der Waals surface area contributed by atoms with Crippen LogP contribution in [0.1, 0.15) is 22.6 Å². The number of hydrogen-bond donors (Lipinski definition) is 5. The molecule has 0 aromatic heterocycles. The van der Waals surface area contributed by atoms with Crippen LogP contribution in [0.2, 0.25) is 0 Å². The Balaban J connectivity index is 1.40. The highest BCUT2D eigenvalue weighted by Gasteiger charge is 2.78. The molecular formula is C37H44N2O14. The smallest absolute Gasteiger partial charge is 0.407 e. The largest absolute Gasteiger partial charge is 0.497 e. The molecule has 1 aliphatic carbocycles.